The summed E-state index contributed by atoms with van der Waals surface area (Å²) in [4.78, 5) is 11.2. The van der Waals surface area contributed by atoms with E-state index in [0.717, 1.165) is 11.1 Å². The molecule has 0 fully saturated rings. The van der Waals surface area contributed by atoms with Crippen molar-refractivity contribution in [2.24, 2.45) is 5.73 Å². The summed E-state index contributed by atoms with van der Waals surface area (Å²) in [6.45, 7) is 1.17. The number of ether oxygens (including phenoxy) is 1. The first kappa shape index (κ1) is 15.4. The molecule has 1 amide bonds. The first-order valence-electron chi connectivity index (χ1n) is 6.50. The van der Waals surface area contributed by atoms with Crippen LogP contribution in [0.2, 0.25) is 5.02 Å². The summed E-state index contributed by atoms with van der Waals surface area (Å²) in [5, 5.41) is 3.76. The zero-order valence-electron chi connectivity index (χ0n) is 11.7. The smallest absolute Gasteiger partial charge is 0.248 e. The maximum absolute atomic E-state index is 11.2. The van der Waals surface area contributed by atoms with Crippen molar-refractivity contribution in [3.63, 3.8) is 0 Å². The number of amides is 1. The fourth-order valence-corrected chi connectivity index (χ4v) is 2.19. The highest BCUT2D eigenvalue weighted by molar-refractivity contribution is 6.33. The van der Waals surface area contributed by atoms with E-state index in [2.05, 4.69) is 11.4 Å². The van der Waals surface area contributed by atoms with Gasteiger partial charge in [-0.15, -0.1) is 0 Å². The van der Waals surface area contributed by atoms with Crippen molar-refractivity contribution < 1.29 is 9.53 Å². The average molecular weight is 305 g/mol. The van der Waals surface area contributed by atoms with Crippen molar-refractivity contribution in [1.82, 2.24) is 0 Å². The van der Waals surface area contributed by atoms with Gasteiger partial charge in [-0.3, -0.25) is 4.79 Å². The van der Waals surface area contributed by atoms with E-state index >= 15 is 0 Å². The van der Waals surface area contributed by atoms with E-state index in [9.17, 15) is 4.79 Å². The molecule has 0 spiro atoms. The van der Waals surface area contributed by atoms with E-state index < -0.39 is 5.91 Å². The lowest BCUT2D eigenvalue weighted by Gasteiger charge is -2.10. The molecule has 0 aromatic heterocycles. The molecule has 2 aromatic carbocycles. The topological polar surface area (TPSA) is 64.3 Å². The Morgan fingerprint density at radius 3 is 2.71 bits per heavy atom. The number of anilines is 1. The summed E-state index contributed by atoms with van der Waals surface area (Å²) in [7, 11) is 1.67. The minimum atomic E-state index is -0.475. The van der Waals surface area contributed by atoms with Gasteiger partial charge < -0.3 is 15.8 Å². The summed E-state index contributed by atoms with van der Waals surface area (Å²) in [5.41, 5.74) is 8.59. The van der Waals surface area contributed by atoms with Crippen LogP contribution in [0.1, 0.15) is 21.5 Å². The highest BCUT2D eigenvalue weighted by Crippen LogP contribution is 2.23. The van der Waals surface area contributed by atoms with Gasteiger partial charge in [-0.25, -0.2) is 0 Å². The van der Waals surface area contributed by atoms with E-state index in [1.54, 1.807) is 25.3 Å². The minimum Gasteiger partial charge on any atom is -0.380 e. The summed E-state index contributed by atoms with van der Waals surface area (Å²) in [6.07, 6.45) is 0. The number of nitrogens with one attached hydrogen (secondary N) is 1. The molecule has 4 nitrogen and oxygen atoms in total. The fraction of sp³-hybridized carbons (Fsp3) is 0.188. The summed E-state index contributed by atoms with van der Waals surface area (Å²) in [6, 6.07) is 13.0. The highest BCUT2D eigenvalue weighted by Gasteiger charge is 2.06. The molecule has 2 rings (SSSR count). The Hall–Kier alpha value is -2.04. The quantitative estimate of drug-likeness (QED) is 0.861. The number of hydrogen-bond donors (Lipinski definition) is 2. The van der Waals surface area contributed by atoms with Gasteiger partial charge in [0.25, 0.3) is 0 Å². The molecule has 0 radical (unpaired) electrons. The van der Waals surface area contributed by atoms with Crippen molar-refractivity contribution >= 4 is 23.2 Å². The molecule has 0 bridgehead atoms. The number of carbonyl (C=O) groups excluding carboxylic acids is 1. The van der Waals surface area contributed by atoms with E-state index in [-0.39, 0.29) is 0 Å². The Kier molecular flexibility index (Phi) is 5.20. The second kappa shape index (κ2) is 7.11. The Morgan fingerprint density at radius 1 is 1.24 bits per heavy atom. The van der Waals surface area contributed by atoms with Gasteiger partial charge >= 0.3 is 0 Å². The van der Waals surface area contributed by atoms with Crippen LogP contribution in [0.5, 0.6) is 0 Å². The monoisotopic (exact) mass is 304 g/mol. The molecule has 0 aliphatic carbocycles. The molecular formula is C16H17ClN2O2. The predicted molar refractivity (Wildman–Crippen MR) is 84.5 cm³/mol. The molecule has 0 atom stereocenters. The number of nitrogens with two attached hydrogens (primary N) is 1. The van der Waals surface area contributed by atoms with E-state index in [4.69, 9.17) is 22.1 Å². The maximum atomic E-state index is 11.2. The Morgan fingerprint density at radius 2 is 2.00 bits per heavy atom. The van der Waals surface area contributed by atoms with E-state index in [1.807, 2.05) is 18.2 Å². The maximum Gasteiger partial charge on any atom is 0.248 e. The molecule has 0 aliphatic rings. The predicted octanol–water partition coefficient (Wildman–Crippen LogP) is 3.20. The molecule has 5 heteroatoms. The summed E-state index contributed by atoms with van der Waals surface area (Å²) in [5.74, 6) is -0.475. The lowest BCUT2D eigenvalue weighted by Crippen LogP contribution is -2.11. The Bertz CT molecular complexity index is 644. The number of methoxy groups -OCH3 is 1. The first-order chi connectivity index (χ1) is 10.1. The van der Waals surface area contributed by atoms with Gasteiger partial charge in [0.05, 0.1) is 17.3 Å². The van der Waals surface area contributed by atoms with Crippen molar-refractivity contribution in [3.8, 4) is 0 Å². The van der Waals surface area contributed by atoms with Gasteiger partial charge in [0, 0.05) is 19.2 Å². The minimum absolute atomic E-state index is 0.426. The van der Waals surface area contributed by atoms with Crippen LogP contribution in [0, 0.1) is 0 Å². The van der Waals surface area contributed by atoms with Crippen LogP contribution in [0.4, 0.5) is 5.69 Å². The second-order valence-electron chi connectivity index (χ2n) is 4.67. The van der Waals surface area contributed by atoms with E-state index in [0.29, 0.717) is 29.4 Å². The highest BCUT2D eigenvalue weighted by atomic mass is 35.5. The molecule has 2 aromatic rings. The molecule has 0 saturated carbocycles. The van der Waals surface area contributed by atoms with Gasteiger partial charge in [-0.05, 0) is 29.3 Å². The molecule has 0 unspecified atom stereocenters. The Balaban J connectivity index is 2.10. The van der Waals surface area contributed by atoms with Crippen molar-refractivity contribution in [1.29, 1.82) is 0 Å². The van der Waals surface area contributed by atoms with Crippen LogP contribution >= 0.6 is 11.6 Å². The first-order valence-corrected chi connectivity index (χ1v) is 6.88. The fourth-order valence-electron chi connectivity index (χ4n) is 2.01. The van der Waals surface area contributed by atoms with Crippen LogP contribution in [-0.4, -0.2) is 13.0 Å². The third-order valence-electron chi connectivity index (χ3n) is 3.04. The largest absolute Gasteiger partial charge is 0.380 e. The lowest BCUT2D eigenvalue weighted by molar-refractivity contribution is 0.100. The van der Waals surface area contributed by atoms with Crippen LogP contribution in [-0.2, 0) is 17.9 Å². The molecule has 0 aliphatic heterocycles. The number of rotatable bonds is 6. The number of benzene rings is 2. The summed E-state index contributed by atoms with van der Waals surface area (Å²) >= 11 is 6.11. The third kappa shape index (κ3) is 4.21. The van der Waals surface area contributed by atoms with Gasteiger partial charge in [0.2, 0.25) is 5.91 Å². The van der Waals surface area contributed by atoms with Crippen LogP contribution in [0.3, 0.4) is 0 Å². The number of halogens is 1. The zero-order chi connectivity index (χ0) is 15.2. The third-order valence-corrected chi connectivity index (χ3v) is 3.37. The average Bonchev–Trinajstić information content (AvgIpc) is 2.47. The summed E-state index contributed by atoms with van der Waals surface area (Å²) < 4.78 is 5.11. The van der Waals surface area contributed by atoms with Gasteiger partial charge in [0.1, 0.15) is 0 Å². The SMILES string of the molecule is COCc1cccc(CNc2cc(C(N)=O)ccc2Cl)c1. The van der Waals surface area contributed by atoms with Crippen LogP contribution in [0.25, 0.3) is 0 Å². The van der Waals surface area contributed by atoms with Gasteiger partial charge in [-0.2, -0.15) is 0 Å². The van der Waals surface area contributed by atoms with Gasteiger partial charge in [0.15, 0.2) is 0 Å². The van der Waals surface area contributed by atoms with E-state index in [1.165, 1.54) is 0 Å². The van der Waals surface area contributed by atoms with Crippen molar-refractivity contribution in [2.45, 2.75) is 13.2 Å². The Labute approximate surface area is 128 Å². The molecule has 0 saturated heterocycles. The second-order valence-corrected chi connectivity index (χ2v) is 5.07. The number of carbonyl (C=O) groups is 1. The standard InChI is InChI=1S/C16H17ClN2O2/c1-21-10-12-4-2-3-11(7-12)9-19-15-8-13(16(18)20)5-6-14(15)17/h2-8,19H,9-10H2,1H3,(H2,18,20). The number of hydrogen-bond acceptors (Lipinski definition) is 3. The molecule has 21 heavy (non-hydrogen) atoms. The van der Waals surface area contributed by atoms with Gasteiger partial charge in [-0.1, -0.05) is 35.9 Å². The van der Waals surface area contributed by atoms with Crippen molar-refractivity contribution in [3.05, 3.63) is 64.2 Å². The van der Waals surface area contributed by atoms with Crippen LogP contribution in [0.15, 0.2) is 42.5 Å². The number of primary amides is 1. The lowest BCUT2D eigenvalue weighted by atomic mass is 10.1. The zero-order valence-corrected chi connectivity index (χ0v) is 12.5. The molecular weight excluding hydrogens is 288 g/mol. The molecule has 3 N–H and O–H groups in total. The molecule has 110 valence electrons. The normalized spacial score (nSPS) is 10.4. The molecule has 0 heterocycles. The van der Waals surface area contributed by atoms with Crippen molar-refractivity contribution in [2.75, 3.05) is 12.4 Å². The van der Waals surface area contributed by atoms with Crippen LogP contribution < -0.4 is 11.1 Å².